The number of allylic oxidation sites excluding steroid dienone is 6. The molecule has 5 unspecified atom stereocenters. The lowest BCUT2D eigenvalue weighted by Crippen LogP contribution is -2.57. The molecule has 4 rings (SSSR count). The van der Waals surface area contributed by atoms with Gasteiger partial charge in [0, 0.05) is 24.7 Å². The Balaban J connectivity index is 1.74. The maximum atomic E-state index is 13.3. The van der Waals surface area contributed by atoms with Crippen LogP contribution in [0.25, 0.3) is 0 Å². The number of hydrogen-bond acceptors (Lipinski definition) is 6. The van der Waals surface area contributed by atoms with E-state index in [1.165, 1.54) is 19.4 Å². The monoisotopic (exact) mass is 426 g/mol. The van der Waals surface area contributed by atoms with Gasteiger partial charge >= 0.3 is 11.9 Å². The molecule has 0 spiro atoms. The van der Waals surface area contributed by atoms with E-state index in [0.717, 1.165) is 24.8 Å². The Hall–Kier alpha value is -2.50. The zero-order valence-electron chi connectivity index (χ0n) is 18.7. The van der Waals surface area contributed by atoms with Crippen molar-refractivity contribution >= 4 is 23.5 Å². The summed E-state index contributed by atoms with van der Waals surface area (Å²) in [5.41, 5.74) is 0.322. The summed E-state index contributed by atoms with van der Waals surface area (Å²) >= 11 is 0. The third-order valence-corrected chi connectivity index (χ3v) is 8.24. The molecular formula is C25H30O6. The van der Waals surface area contributed by atoms with Crippen LogP contribution in [0.4, 0.5) is 0 Å². The number of esters is 2. The fourth-order valence-corrected chi connectivity index (χ4v) is 6.73. The zero-order valence-corrected chi connectivity index (χ0v) is 18.7. The van der Waals surface area contributed by atoms with Crippen LogP contribution in [0, 0.1) is 22.7 Å². The molecule has 0 amide bonds. The Morgan fingerprint density at radius 1 is 1.13 bits per heavy atom. The van der Waals surface area contributed by atoms with Crippen molar-refractivity contribution in [2.45, 2.75) is 65.4 Å². The van der Waals surface area contributed by atoms with Crippen molar-refractivity contribution in [1.82, 2.24) is 0 Å². The van der Waals surface area contributed by atoms with E-state index in [9.17, 15) is 19.2 Å². The summed E-state index contributed by atoms with van der Waals surface area (Å²) in [6.45, 7) is 6.41. The lowest BCUT2D eigenvalue weighted by Gasteiger charge is -2.54. The highest BCUT2D eigenvalue weighted by Gasteiger charge is 2.67. The van der Waals surface area contributed by atoms with Crippen molar-refractivity contribution in [2.24, 2.45) is 22.7 Å². The standard InChI is InChI=1S/C25H30O6/c1-15(26)30-14-22(29)25(31-16(2)27)12-9-21-19-6-5-17-13-18(28)7-10-23(17,3)20(19)8-11-24(21,25)4/h7-8,10,13,19,21H,5-6,9,11-12,14H2,1-4H3. The molecule has 0 heterocycles. The Kier molecular flexibility index (Phi) is 5.10. The van der Waals surface area contributed by atoms with Gasteiger partial charge in [0.1, 0.15) is 0 Å². The van der Waals surface area contributed by atoms with Crippen LogP contribution in [0.5, 0.6) is 0 Å². The van der Waals surface area contributed by atoms with Gasteiger partial charge in [-0.3, -0.25) is 19.2 Å². The van der Waals surface area contributed by atoms with Crippen LogP contribution in [0.1, 0.15) is 59.8 Å². The molecule has 0 aliphatic heterocycles. The molecule has 6 heteroatoms. The Morgan fingerprint density at radius 3 is 2.55 bits per heavy atom. The van der Waals surface area contributed by atoms with Crippen LogP contribution in [-0.2, 0) is 28.7 Å². The minimum atomic E-state index is -1.30. The molecule has 0 aromatic carbocycles. The Bertz CT molecular complexity index is 955. The SMILES string of the molecule is CC(=O)OCC(=O)C1(OC(C)=O)CCC2C3CCC4=CC(=O)C=CC4(C)C3=CCC21C. The highest BCUT2D eigenvalue weighted by atomic mass is 16.6. The van der Waals surface area contributed by atoms with Crippen molar-refractivity contribution in [3.8, 4) is 0 Å². The van der Waals surface area contributed by atoms with Gasteiger partial charge in [-0.1, -0.05) is 30.2 Å². The van der Waals surface area contributed by atoms with Crippen molar-refractivity contribution in [1.29, 1.82) is 0 Å². The second-order valence-electron chi connectivity index (χ2n) is 9.80. The summed E-state index contributed by atoms with van der Waals surface area (Å²) in [4.78, 5) is 48.6. The van der Waals surface area contributed by atoms with Crippen LogP contribution in [0.15, 0.2) is 35.5 Å². The van der Waals surface area contributed by atoms with E-state index in [2.05, 4.69) is 13.0 Å². The number of carbonyl (C=O) groups excluding carboxylic acids is 4. The van der Waals surface area contributed by atoms with Gasteiger partial charge in [0.25, 0.3) is 0 Å². The van der Waals surface area contributed by atoms with E-state index < -0.39 is 23.0 Å². The van der Waals surface area contributed by atoms with Gasteiger partial charge in [-0.05, 0) is 63.0 Å². The highest BCUT2D eigenvalue weighted by Crippen LogP contribution is 2.66. The number of ketones is 2. The summed E-state index contributed by atoms with van der Waals surface area (Å²) in [7, 11) is 0. The molecule has 0 radical (unpaired) electrons. The second kappa shape index (κ2) is 7.28. The van der Waals surface area contributed by atoms with Crippen LogP contribution < -0.4 is 0 Å². The van der Waals surface area contributed by atoms with Crippen molar-refractivity contribution in [3.63, 3.8) is 0 Å². The van der Waals surface area contributed by atoms with Gasteiger partial charge in [0.05, 0.1) is 0 Å². The van der Waals surface area contributed by atoms with Gasteiger partial charge in [-0.25, -0.2) is 0 Å². The molecule has 5 atom stereocenters. The maximum Gasteiger partial charge on any atom is 0.303 e. The first-order valence-electron chi connectivity index (χ1n) is 11.0. The van der Waals surface area contributed by atoms with E-state index in [-0.39, 0.29) is 35.4 Å². The molecule has 0 aromatic rings. The minimum absolute atomic E-state index is 0.0398. The van der Waals surface area contributed by atoms with E-state index >= 15 is 0 Å². The summed E-state index contributed by atoms with van der Waals surface area (Å²) in [6, 6.07) is 0. The predicted molar refractivity (Wildman–Crippen MR) is 113 cm³/mol. The third kappa shape index (κ3) is 3.14. The smallest absolute Gasteiger partial charge is 0.303 e. The first-order valence-corrected chi connectivity index (χ1v) is 11.0. The van der Waals surface area contributed by atoms with Crippen LogP contribution in [0.3, 0.4) is 0 Å². The lowest BCUT2D eigenvalue weighted by atomic mass is 9.51. The number of rotatable bonds is 4. The van der Waals surface area contributed by atoms with Gasteiger partial charge in [0.2, 0.25) is 5.78 Å². The quantitative estimate of drug-likeness (QED) is 0.504. The molecule has 0 N–H and O–H groups in total. The highest BCUT2D eigenvalue weighted by molar-refractivity contribution is 6.01. The fourth-order valence-electron chi connectivity index (χ4n) is 6.73. The number of Topliss-reactive ketones (excluding diaryl/α,β-unsaturated/α-hetero) is 1. The van der Waals surface area contributed by atoms with Gasteiger partial charge in [0.15, 0.2) is 18.0 Å². The maximum absolute atomic E-state index is 13.3. The average Bonchev–Trinajstić information content (AvgIpc) is 2.99. The number of fused-ring (bicyclic) bond motifs is 5. The molecule has 31 heavy (non-hydrogen) atoms. The Labute approximate surface area is 182 Å². The minimum Gasteiger partial charge on any atom is -0.458 e. The zero-order chi connectivity index (χ0) is 22.6. The van der Waals surface area contributed by atoms with Gasteiger partial charge in [-0.2, -0.15) is 0 Å². The molecule has 0 bridgehead atoms. The van der Waals surface area contributed by atoms with Crippen LogP contribution in [-0.4, -0.2) is 35.7 Å². The molecule has 4 aliphatic rings. The first-order chi connectivity index (χ1) is 14.5. The lowest BCUT2D eigenvalue weighted by molar-refractivity contribution is -0.184. The number of carbonyl (C=O) groups is 4. The summed E-state index contributed by atoms with van der Waals surface area (Å²) in [5.74, 6) is -0.920. The predicted octanol–water partition coefficient (Wildman–Crippen LogP) is 3.65. The third-order valence-electron chi connectivity index (χ3n) is 8.24. The second-order valence-corrected chi connectivity index (χ2v) is 9.80. The Morgan fingerprint density at radius 2 is 1.87 bits per heavy atom. The number of hydrogen-bond donors (Lipinski definition) is 0. The molecule has 2 fully saturated rings. The fraction of sp³-hybridized carbons (Fsp3) is 0.600. The van der Waals surface area contributed by atoms with Crippen LogP contribution in [0.2, 0.25) is 0 Å². The molecule has 166 valence electrons. The van der Waals surface area contributed by atoms with E-state index in [4.69, 9.17) is 9.47 Å². The van der Waals surface area contributed by atoms with Gasteiger partial charge in [-0.15, -0.1) is 0 Å². The van der Waals surface area contributed by atoms with E-state index in [0.29, 0.717) is 12.8 Å². The number of ether oxygens (including phenoxy) is 2. The van der Waals surface area contributed by atoms with Gasteiger partial charge < -0.3 is 9.47 Å². The summed E-state index contributed by atoms with van der Waals surface area (Å²) in [5, 5.41) is 0. The van der Waals surface area contributed by atoms with Crippen molar-refractivity contribution < 1.29 is 28.7 Å². The molecule has 0 aromatic heterocycles. The molecule has 0 saturated heterocycles. The first kappa shape index (κ1) is 21.7. The molecular weight excluding hydrogens is 396 g/mol. The molecule has 2 saturated carbocycles. The van der Waals surface area contributed by atoms with Crippen LogP contribution >= 0.6 is 0 Å². The molecule has 6 nitrogen and oxygen atoms in total. The average molecular weight is 427 g/mol. The summed E-state index contributed by atoms with van der Waals surface area (Å²) in [6.07, 6.45) is 11.2. The van der Waals surface area contributed by atoms with E-state index in [1.807, 2.05) is 13.0 Å². The van der Waals surface area contributed by atoms with Crippen molar-refractivity contribution in [3.05, 3.63) is 35.5 Å². The molecule has 4 aliphatic carbocycles. The summed E-state index contributed by atoms with van der Waals surface area (Å²) < 4.78 is 10.8. The van der Waals surface area contributed by atoms with E-state index in [1.54, 1.807) is 12.2 Å². The van der Waals surface area contributed by atoms with Crippen molar-refractivity contribution in [2.75, 3.05) is 6.61 Å². The topological polar surface area (TPSA) is 86.7 Å². The normalized spacial score (nSPS) is 38.3. The largest absolute Gasteiger partial charge is 0.458 e.